The zero-order valence-electron chi connectivity index (χ0n) is 11.8. The van der Waals surface area contributed by atoms with Crippen molar-refractivity contribution in [3.63, 3.8) is 0 Å². The third kappa shape index (κ3) is 3.13. The summed E-state index contributed by atoms with van der Waals surface area (Å²) in [5.74, 6) is -0.724. The molecule has 1 saturated heterocycles. The van der Waals surface area contributed by atoms with Crippen LogP contribution in [0, 0.1) is 0 Å². The van der Waals surface area contributed by atoms with Gasteiger partial charge in [-0.15, -0.1) is 0 Å². The summed E-state index contributed by atoms with van der Waals surface area (Å²) >= 11 is 18.6. The zero-order chi connectivity index (χ0) is 17.4. The number of rotatable bonds is 2. The lowest BCUT2D eigenvalue weighted by molar-refractivity contribution is -0.113. The molecule has 2 amide bonds. The highest BCUT2D eigenvalue weighted by Gasteiger charge is 2.37. The summed E-state index contributed by atoms with van der Waals surface area (Å²) in [5, 5.41) is 9.54. The molecule has 0 atom stereocenters. The van der Waals surface area contributed by atoms with E-state index in [2.05, 4.69) is 0 Å². The minimum atomic E-state index is -0.488. The summed E-state index contributed by atoms with van der Waals surface area (Å²) in [4.78, 5) is 26.0. The van der Waals surface area contributed by atoms with Gasteiger partial charge in [-0.1, -0.05) is 46.9 Å². The van der Waals surface area contributed by atoms with Crippen molar-refractivity contribution in [2.75, 3.05) is 4.90 Å². The maximum absolute atomic E-state index is 12.6. The normalized spacial score (nSPS) is 16.3. The topological polar surface area (TPSA) is 57.6 Å². The number of nitrogens with zero attached hydrogens (tertiary/aromatic N) is 1. The van der Waals surface area contributed by atoms with Gasteiger partial charge in [0.2, 0.25) is 0 Å². The van der Waals surface area contributed by atoms with E-state index in [4.69, 9.17) is 34.8 Å². The molecular formula is C16H8Cl3NO3S. The Morgan fingerprint density at radius 2 is 1.62 bits per heavy atom. The van der Waals surface area contributed by atoms with Crippen molar-refractivity contribution in [1.82, 2.24) is 0 Å². The van der Waals surface area contributed by atoms with Gasteiger partial charge < -0.3 is 5.11 Å². The van der Waals surface area contributed by atoms with Crippen LogP contribution in [0.1, 0.15) is 5.56 Å². The fourth-order valence-electron chi connectivity index (χ4n) is 2.13. The quantitative estimate of drug-likeness (QED) is 0.667. The molecule has 1 heterocycles. The van der Waals surface area contributed by atoms with Crippen LogP contribution in [-0.2, 0) is 4.79 Å². The van der Waals surface area contributed by atoms with E-state index in [0.29, 0.717) is 16.3 Å². The summed E-state index contributed by atoms with van der Waals surface area (Å²) in [7, 11) is 0. The first-order valence-corrected chi connectivity index (χ1v) is 8.54. The van der Waals surface area contributed by atoms with E-state index >= 15 is 0 Å². The number of para-hydroxylation sites is 1. The van der Waals surface area contributed by atoms with Gasteiger partial charge >= 0.3 is 0 Å². The van der Waals surface area contributed by atoms with Crippen molar-refractivity contribution in [1.29, 1.82) is 0 Å². The number of hydrogen-bond acceptors (Lipinski definition) is 4. The van der Waals surface area contributed by atoms with Crippen LogP contribution in [-0.4, -0.2) is 16.3 Å². The van der Waals surface area contributed by atoms with E-state index in [0.717, 1.165) is 16.7 Å². The minimum absolute atomic E-state index is 0.0547. The van der Waals surface area contributed by atoms with Crippen molar-refractivity contribution in [2.24, 2.45) is 0 Å². The lowest BCUT2D eigenvalue weighted by atomic mass is 10.2. The van der Waals surface area contributed by atoms with E-state index in [-0.39, 0.29) is 20.7 Å². The van der Waals surface area contributed by atoms with E-state index < -0.39 is 11.1 Å². The number of thioether (sulfide) groups is 1. The standard InChI is InChI=1S/C16H8Cl3NO3S/c17-9-3-1-2-4-12(9)20-15(22)13(24-16(20)23)7-8-5-10(18)14(21)11(19)6-8/h1-7,21H/b13-7-. The van der Waals surface area contributed by atoms with Gasteiger partial charge in [-0.2, -0.15) is 0 Å². The first kappa shape index (κ1) is 17.2. The molecule has 0 unspecified atom stereocenters. The SMILES string of the molecule is O=C1S/C(=C\c2cc(Cl)c(O)c(Cl)c2)C(=O)N1c1ccccc1Cl. The van der Waals surface area contributed by atoms with Crippen molar-refractivity contribution in [2.45, 2.75) is 0 Å². The number of aromatic hydroxyl groups is 1. The van der Waals surface area contributed by atoms with Gasteiger partial charge in [0.25, 0.3) is 11.1 Å². The Labute approximate surface area is 156 Å². The van der Waals surface area contributed by atoms with Crippen LogP contribution in [0.4, 0.5) is 10.5 Å². The van der Waals surface area contributed by atoms with Gasteiger partial charge in [-0.25, -0.2) is 4.90 Å². The summed E-state index contributed by atoms with van der Waals surface area (Å²) in [6, 6.07) is 9.49. The van der Waals surface area contributed by atoms with Crippen LogP contribution in [0.25, 0.3) is 6.08 Å². The van der Waals surface area contributed by atoms with Crippen LogP contribution in [0.5, 0.6) is 5.75 Å². The molecule has 0 radical (unpaired) electrons. The summed E-state index contributed by atoms with van der Waals surface area (Å²) in [6.07, 6.45) is 1.49. The first-order valence-electron chi connectivity index (χ1n) is 6.59. The molecule has 0 aliphatic carbocycles. The maximum atomic E-state index is 12.6. The first-order chi connectivity index (χ1) is 11.4. The second kappa shape index (κ2) is 6.69. The summed E-state index contributed by atoms with van der Waals surface area (Å²) in [6.45, 7) is 0. The maximum Gasteiger partial charge on any atom is 0.298 e. The van der Waals surface area contributed by atoms with E-state index in [9.17, 15) is 14.7 Å². The summed E-state index contributed by atoms with van der Waals surface area (Å²) < 4.78 is 0. The highest BCUT2D eigenvalue weighted by molar-refractivity contribution is 8.19. The molecule has 0 saturated carbocycles. The molecule has 1 fully saturated rings. The Balaban J connectivity index is 1.99. The molecule has 3 rings (SSSR count). The molecule has 0 bridgehead atoms. The number of carbonyl (C=O) groups is 2. The number of carbonyl (C=O) groups excluding carboxylic acids is 2. The third-order valence-electron chi connectivity index (χ3n) is 3.22. The average Bonchev–Trinajstić information content (AvgIpc) is 2.80. The molecule has 24 heavy (non-hydrogen) atoms. The van der Waals surface area contributed by atoms with Gasteiger partial charge in [0.15, 0.2) is 5.75 Å². The number of imide groups is 1. The van der Waals surface area contributed by atoms with Crippen molar-refractivity contribution in [3.05, 3.63) is 61.9 Å². The van der Waals surface area contributed by atoms with Crippen LogP contribution < -0.4 is 4.90 Å². The molecule has 2 aromatic carbocycles. The molecule has 4 nitrogen and oxygen atoms in total. The number of phenols is 1. The largest absolute Gasteiger partial charge is 0.505 e. The molecule has 2 aromatic rings. The molecule has 8 heteroatoms. The van der Waals surface area contributed by atoms with Gasteiger partial charge in [0, 0.05) is 0 Å². The zero-order valence-corrected chi connectivity index (χ0v) is 14.9. The molecule has 1 aliphatic heterocycles. The average molecular weight is 401 g/mol. The number of anilines is 1. The minimum Gasteiger partial charge on any atom is -0.505 e. The van der Waals surface area contributed by atoms with Crippen LogP contribution >= 0.6 is 46.6 Å². The molecule has 1 aliphatic rings. The highest BCUT2D eigenvalue weighted by atomic mass is 35.5. The Kier molecular flexibility index (Phi) is 4.78. The monoisotopic (exact) mass is 399 g/mol. The highest BCUT2D eigenvalue weighted by Crippen LogP contribution is 2.39. The van der Waals surface area contributed by atoms with Crippen molar-refractivity contribution >= 4 is 69.5 Å². The fourth-order valence-corrected chi connectivity index (χ4v) is 3.69. The van der Waals surface area contributed by atoms with Crippen LogP contribution in [0.3, 0.4) is 0 Å². The van der Waals surface area contributed by atoms with E-state index in [1.54, 1.807) is 24.3 Å². The van der Waals surface area contributed by atoms with E-state index in [1.165, 1.54) is 18.2 Å². The Morgan fingerprint density at radius 1 is 1.00 bits per heavy atom. The predicted octanol–water partition coefficient (Wildman–Crippen LogP) is 5.59. The number of amides is 2. The predicted molar refractivity (Wildman–Crippen MR) is 98.0 cm³/mol. The van der Waals surface area contributed by atoms with Gasteiger partial charge in [0.05, 0.1) is 25.7 Å². The van der Waals surface area contributed by atoms with Gasteiger partial charge in [-0.05, 0) is 47.7 Å². The number of hydrogen-bond donors (Lipinski definition) is 1. The van der Waals surface area contributed by atoms with Crippen LogP contribution in [0.15, 0.2) is 41.3 Å². The van der Waals surface area contributed by atoms with Crippen LogP contribution in [0.2, 0.25) is 15.1 Å². The number of phenolic OH excluding ortho intramolecular Hbond substituents is 1. The second-order valence-electron chi connectivity index (χ2n) is 4.80. The van der Waals surface area contributed by atoms with Crippen molar-refractivity contribution in [3.8, 4) is 5.75 Å². The van der Waals surface area contributed by atoms with Gasteiger partial charge in [0.1, 0.15) is 0 Å². The third-order valence-corrected chi connectivity index (χ3v) is 4.99. The number of halogens is 3. The molecule has 1 N–H and O–H groups in total. The Morgan fingerprint density at radius 3 is 2.25 bits per heavy atom. The fraction of sp³-hybridized carbons (Fsp3) is 0. The Hall–Kier alpha value is -1.66. The second-order valence-corrected chi connectivity index (χ2v) is 7.02. The number of benzene rings is 2. The molecule has 122 valence electrons. The van der Waals surface area contributed by atoms with Crippen molar-refractivity contribution < 1.29 is 14.7 Å². The Bertz CT molecular complexity index is 875. The lowest BCUT2D eigenvalue weighted by Crippen LogP contribution is -2.27. The summed E-state index contributed by atoms with van der Waals surface area (Å²) in [5.41, 5.74) is 0.819. The van der Waals surface area contributed by atoms with E-state index in [1.807, 2.05) is 0 Å². The lowest BCUT2D eigenvalue weighted by Gasteiger charge is -2.13. The van der Waals surface area contributed by atoms with Gasteiger partial charge in [-0.3, -0.25) is 9.59 Å². The molecule has 0 spiro atoms. The molecule has 0 aromatic heterocycles. The smallest absolute Gasteiger partial charge is 0.298 e. The molecular weight excluding hydrogens is 393 g/mol.